The molecule has 2 atom stereocenters. The number of aliphatic carboxylic acids is 1. The highest BCUT2D eigenvalue weighted by Gasteiger charge is 2.38. The largest absolute Gasteiger partial charge is 0.481 e. The van der Waals surface area contributed by atoms with E-state index in [1.54, 1.807) is 18.6 Å². The summed E-state index contributed by atoms with van der Waals surface area (Å²) in [5, 5.41) is 9.48. The molecule has 1 fully saturated rings. The van der Waals surface area contributed by atoms with Crippen LogP contribution in [0.1, 0.15) is 17.3 Å². The van der Waals surface area contributed by atoms with Crippen molar-refractivity contribution in [3.63, 3.8) is 0 Å². The van der Waals surface area contributed by atoms with Crippen molar-refractivity contribution < 1.29 is 9.90 Å². The normalized spacial score (nSPS) is 22.5. The lowest BCUT2D eigenvalue weighted by Crippen LogP contribution is -2.24. The van der Waals surface area contributed by atoms with E-state index in [2.05, 4.69) is 14.9 Å². The molecule has 1 aliphatic heterocycles. The number of carboxylic acid groups (broad SMARTS) is 1. The second kappa shape index (κ2) is 5.65. The standard InChI is InChI=1S/C15H18N4O2/c1-18-6-5-17-14(18)10-19-8-12(13(9-19)15(20)21)11-3-2-4-16-7-11/h2-7,12-13H,8-10H2,1H3,(H,20,21)/t12-,13+/m1/s1. The Hall–Kier alpha value is -2.21. The van der Waals surface area contributed by atoms with Gasteiger partial charge in [-0.1, -0.05) is 6.07 Å². The van der Waals surface area contributed by atoms with Gasteiger partial charge in [-0.05, 0) is 11.6 Å². The van der Waals surface area contributed by atoms with Crippen LogP contribution >= 0.6 is 0 Å². The Kier molecular flexibility index (Phi) is 3.70. The van der Waals surface area contributed by atoms with Crippen LogP contribution in [0.25, 0.3) is 0 Å². The van der Waals surface area contributed by atoms with E-state index in [9.17, 15) is 9.90 Å². The molecule has 3 rings (SSSR count). The molecule has 0 unspecified atom stereocenters. The van der Waals surface area contributed by atoms with Gasteiger partial charge >= 0.3 is 5.97 Å². The average molecular weight is 286 g/mol. The Morgan fingerprint density at radius 3 is 2.90 bits per heavy atom. The number of nitrogens with zero attached hydrogens (tertiary/aromatic N) is 4. The predicted molar refractivity (Wildman–Crippen MR) is 76.6 cm³/mol. The summed E-state index contributed by atoms with van der Waals surface area (Å²) < 4.78 is 1.97. The fraction of sp³-hybridized carbons (Fsp3) is 0.400. The van der Waals surface area contributed by atoms with E-state index in [0.29, 0.717) is 13.1 Å². The molecular formula is C15H18N4O2. The van der Waals surface area contributed by atoms with Crippen LogP contribution in [0.15, 0.2) is 36.9 Å². The Bertz CT molecular complexity index is 626. The van der Waals surface area contributed by atoms with Crippen molar-refractivity contribution in [2.24, 2.45) is 13.0 Å². The molecular weight excluding hydrogens is 268 g/mol. The highest BCUT2D eigenvalue weighted by molar-refractivity contribution is 5.72. The van der Waals surface area contributed by atoms with Crippen LogP contribution < -0.4 is 0 Å². The number of hydrogen-bond donors (Lipinski definition) is 1. The third kappa shape index (κ3) is 2.80. The number of imidazole rings is 1. The number of carbonyl (C=O) groups is 1. The molecule has 0 saturated carbocycles. The number of aromatic nitrogens is 3. The van der Waals surface area contributed by atoms with Crippen molar-refractivity contribution in [2.45, 2.75) is 12.5 Å². The third-order valence-electron chi connectivity index (χ3n) is 4.11. The maximum atomic E-state index is 11.5. The van der Waals surface area contributed by atoms with Gasteiger partial charge in [0.1, 0.15) is 5.82 Å². The first-order valence-electron chi connectivity index (χ1n) is 6.96. The molecule has 6 heteroatoms. The van der Waals surface area contributed by atoms with Crippen LogP contribution in [0.2, 0.25) is 0 Å². The second-order valence-corrected chi connectivity index (χ2v) is 5.49. The van der Waals surface area contributed by atoms with E-state index < -0.39 is 11.9 Å². The molecule has 0 aromatic carbocycles. The molecule has 0 radical (unpaired) electrons. The smallest absolute Gasteiger partial charge is 0.308 e. The zero-order valence-corrected chi connectivity index (χ0v) is 11.9. The highest BCUT2D eigenvalue weighted by atomic mass is 16.4. The van der Waals surface area contributed by atoms with E-state index in [1.165, 1.54) is 0 Å². The first kappa shape index (κ1) is 13.8. The van der Waals surface area contributed by atoms with Crippen LogP contribution in [0.4, 0.5) is 0 Å². The number of hydrogen-bond acceptors (Lipinski definition) is 4. The zero-order chi connectivity index (χ0) is 14.8. The molecule has 1 aliphatic rings. The molecule has 0 bridgehead atoms. The van der Waals surface area contributed by atoms with Crippen molar-refractivity contribution >= 4 is 5.97 Å². The second-order valence-electron chi connectivity index (χ2n) is 5.49. The number of pyridine rings is 1. The minimum atomic E-state index is -0.744. The van der Waals surface area contributed by atoms with E-state index in [0.717, 1.165) is 17.9 Å². The van der Waals surface area contributed by atoms with Gasteiger partial charge in [-0.3, -0.25) is 14.7 Å². The maximum Gasteiger partial charge on any atom is 0.308 e. The Morgan fingerprint density at radius 1 is 1.43 bits per heavy atom. The molecule has 0 aliphatic carbocycles. The van der Waals surface area contributed by atoms with Crippen molar-refractivity contribution in [3.05, 3.63) is 48.3 Å². The Balaban J connectivity index is 1.78. The van der Waals surface area contributed by atoms with Crippen molar-refractivity contribution in [3.8, 4) is 0 Å². The first-order chi connectivity index (χ1) is 10.1. The van der Waals surface area contributed by atoms with Gasteiger partial charge in [-0.2, -0.15) is 0 Å². The minimum Gasteiger partial charge on any atom is -0.481 e. The Morgan fingerprint density at radius 2 is 2.29 bits per heavy atom. The molecule has 0 spiro atoms. The van der Waals surface area contributed by atoms with E-state index in [4.69, 9.17) is 0 Å². The molecule has 1 saturated heterocycles. The summed E-state index contributed by atoms with van der Waals surface area (Å²) in [4.78, 5) is 22.1. The maximum absolute atomic E-state index is 11.5. The van der Waals surface area contributed by atoms with Crippen LogP contribution in [0, 0.1) is 5.92 Å². The van der Waals surface area contributed by atoms with E-state index in [-0.39, 0.29) is 5.92 Å². The number of aryl methyl sites for hydroxylation is 1. The fourth-order valence-electron chi connectivity index (χ4n) is 2.95. The van der Waals surface area contributed by atoms with Crippen molar-refractivity contribution in [1.82, 2.24) is 19.4 Å². The molecule has 6 nitrogen and oxygen atoms in total. The molecule has 1 N–H and O–H groups in total. The zero-order valence-electron chi connectivity index (χ0n) is 11.9. The average Bonchev–Trinajstić information content (AvgIpc) is 3.08. The Labute approximate surface area is 123 Å². The van der Waals surface area contributed by atoms with Crippen molar-refractivity contribution in [2.75, 3.05) is 13.1 Å². The van der Waals surface area contributed by atoms with Gasteiger partial charge in [0.05, 0.1) is 12.5 Å². The summed E-state index contributed by atoms with van der Waals surface area (Å²) in [5.41, 5.74) is 0.993. The molecule has 3 heterocycles. The van der Waals surface area contributed by atoms with Crippen LogP contribution in [-0.2, 0) is 18.4 Å². The van der Waals surface area contributed by atoms with Gasteiger partial charge < -0.3 is 9.67 Å². The molecule has 21 heavy (non-hydrogen) atoms. The van der Waals surface area contributed by atoms with E-state index in [1.807, 2.05) is 29.9 Å². The molecule has 0 amide bonds. The molecule has 2 aromatic rings. The fourth-order valence-corrected chi connectivity index (χ4v) is 2.95. The lowest BCUT2D eigenvalue weighted by Gasteiger charge is -2.15. The number of likely N-dealkylation sites (tertiary alicyclic amines) is 1. The van der Waals surface area contributed by atoms with Gasteiger partial charge in [0, 0.05) is 50.8 Å². The summed E-state index contributed by atoms with van der Waals surface area (Å²) in [6, 6.07) is 3.81. The summed E-state index contributed by atoms with van der Waals surface area (Å²) in [6.07, 6.45) is 7.14. The molecule has 2 aromatic heterocycles. The highest BCUT2D eigenvalue weighted by Crippen LogP contribution is 2.33. The third-order valence-corrected chi connectivity index (χ3v) is 4.11. The van der Waals surface area contributed by atoms with Gasteiger partial charge in [0.15, 0.2) is 0 Å². The number of carboxylic acids is 1. The first-order valence-corrected chi connectivity index (χ1v) is 6.96. The lowest BCUT2D eigenvalue weighted by atomic mass is 9.90. The summed E-state index contributed by atoms with van der Waals surface area (Å²) in [7, 11) is 1.95. The number of rotatable bonds is 4. The topological polar surface area (TPSA) is 71.2 Å². The summed E-state index contributed by atoms with van der Waals surface area (Å²) in [5.74, 6) is -0.205. The SMILES string of the molecule is Cn1ccnc1CN1C[C@H](C(=O)O)[C@@H](c2cccnc2)C1. The molecule has 110 valence electrons. The van der Waals surface area contributed by atoms with Crippen LogP contribution in [-0.4, -0.2) is 43.6 Å². The van der Waals surface area contributed by atoms with Crippen molar-refractivity contribution in [1.29, 1.82) is 0 Å². The summed E-state index contributed by atoms with van der Waals surface area (Å²) in [6.45, 7) is 1.93. The van der Waals surface area contributed by atoms with Crippen LogP contribution in [0.3, 0.4) is 0 Å². The van der Waals surface area contributed by atoms with E-state index >= 15 is 0 Å². The quantitative estimate of drug-likeness (QED) is 0.912. The van der Waals surface area contributed by atoms with Gasteiger partial charge in [0.25, 0.3) is 0 Å². The lowest BCUT2D eigenvalue weighted by molar-refractivity contribution is -0.141. The minimum absolute atomic E-state index is 0.0172. The monoisotopic (exact) mass is 286 g/mol. The van der Waals surface area contributed by atoms with Gasteiger partial charge in [-0.15, -0.1) is 0 Å². The van der Waals surface area contributed by atoms with Crippen LogP contribution in [0.5, 0.6) is 0 Å². The van der Waals surface area contributed by atoms with Gasteiger partial charge in [-0.25, -0.2) is 4.98 Å². The summed E-state index contributed by atoms with van der Waals surface area (Å²) >= 11 is 0. The predicted octanol–water partition coefficient (Wildman–Crippen LogP) is 1.12. The van der Waals surface area contributed by atoms with Gasteiger partial charge in [0.2, 0.25) is 0 Å².